The van der Waals surface area contributed by atoms with E-state index in [1.807, 2.05) is 44.2 Å². The molecule has 7 nitrogen and oxygen atoms in total. The zero-order valence-electron chi connectivity index (χ0n) is 16.8. The molecule has 0 aliphatic rings. The van der Waals surface area contributed by atoms with Crippen molar-refractivity contribution in [3.63, 3.8) is 0 Å². The molecule has 2 aromatic carbocycles. The number of anilines is 1. The monoisotopic (exact) mass is 418 g/mol. The van der Waals surface area contributed by atoms with Crippen molar-refractivity contribution >= 4 is 27.5 Å². The first kappa shape index (κ1) is 22.4. The second-order valence-corrected chi connectivity index (χ2v) is 9.23. The van der Waals surface area contributed by atoms with Crippen molar-refractivity contribution in [2.75, 3.05) is 17.3 Å². The molecule has 2 rings (SSSR count). The van der Waals surface area contributed by atoms with E-state index in [1.54, 1.807) is 18.2 Å². The molecule has 1 atom stereocenters. The van der Waals surface area contributed by atoms with E-state index in [4.69, 9.17) is 4.74 Å². The number of hydrogen-bond donors (Lipinski definition) is 2. The summed E-state index contributed by atoms with van der Waals surface area (Å²) >= 11 is 0. The van der Waals surface area contributed by atoms with Gasteiger partial charge >= 0.3 is 6.09 Å². The van der Waals surface area contributed by atoms with Crippen LogP contribution in [0.2, 0.25) is 0 Å². The fourth-order valence-corrected chi connectivity index (χ4v) is 3.22. The van der Waals surface area contributed by atoms with Gasteiger partial charge in [-0.2, -0.15) is 0 Å². The van der Waals surface area contributed by atoms with Crippen LogP contribution in [0.3, 0.4) is 0 Å². The third kappa shape index (κ3) is 7.95. The van der Waals surface area contributed by atoms with Gasteiger partial charge < -0.3 is 15.4 Å². The van der Waals surface area contributed by atoms with E-state index in [0.717, 1.165) is 22.9 Å². The van der Waals surface area contributed by atoms with Crippen LogP contribution < -0.4 is 10.6 Å². The molecule has 1 unspecified atom stereocenters. The summed E-state index contributed by atoms with van der Waals surface area (Å²) in [6, 6.07) is 13.5. The molecular formula is C21H26N2O5S. The Morgan fingerprint density at radius 1 is 1.03 bits per heavy atom. The van der Waals surface area contributed by atoms with Crippen molar-refractivity contribution < 1.29 is 22.7 Å². The second-order valence-electron chi connectivity index (χ2n) is 6.97. The van der Waals surface area contributed by atoms with Gasteiger partial charge in [-0.1, -0.05) is 36.4 Å². The summed E-state index contributed by atoms with van der Waals surface area (Å²) in [5.41, 5.74) is 3.46. The first-order valence-corrected chi connectivity index (χ1v) is 11.2. The van der Waals surface area contributed by atoms with E-state index in [1.165, 1.54) is 0 Å². The third-order valence-electron chi connectivity index (χ3n) is 4.37. The number of amides is 2. The normalized spacial score (nSPS) is 12.1. The van der Waals surface area contributed by atoms with Gasteiger partial charge in [0, 0.05) is 11.9 Å². The number of alkyl carbamates (subject to hydrolysis) is 1. The molecule has 0 bridgehead atoms. The third-order valence-corrected chi connectivity index (χ3v) is 5.35. The van der Waals surface area contributed by atoms with Crippen LogP contribution in [0, 0.1) is 13.8 Å². The number of aryl methyl sites for hydroxylation is 2. The number of sulfone groups is 1. The highest BCUT2D eigenvalue weighted by Crippen LogP contribution is 2.15. The minimum Gasteiger partial charge on any atom is -0.445 e. The fourth-order valence-electron chi connectivity index (χ4n) is 2.56. The standard InChI is InChI=1S/C21H26N2O5S/c1-15-9-10-18(13-16(15)2)22-20(24)19(11-12-29(3,26)27)23-21(25)28-14-17-7-5-4-6-8-17/h4-10,13,19H,11-12,14H2,1-3H3,(H,22,24)(H,23,25). The number of carbonyl (C=O) groups excluding carboxylic acids is 2. The number of rotatable bonds is 8. The van der Waals surface area contributed by atoms with Crippen LogP contribution in [-0.4, -0.2) is 38.5 Å². The lowest BCUT2D eigenvalue weighted by Gasteiger charge is -2.18. The number of nitrogens with one attached hydrogen (secondary N) is 2. The topological polar surface area (TPSA) is 102 Å². The van der Waals surface area contributed by atoms with Gasteiger partial charge in [0.05, 0.1) is 5.75 Å². The van der Waals surface area contributed by atoms with Crippen LogP contribution in [0.25, 0.3) is 0 Å². The van der Waals surface area contributed by atoms with Gasteiger partial charge in [0.25, 0.3) is 0 Å². The van der Waals surface area contributed by atoms with Crippen LogP contribution >= 0.6 is 0 Å². The zero-order valence-corrected chi connectivity index (χ0v) is 17.6. The molecule has 2 amide bonds. The van der Waals surface area contributed by atoms with Gasteiger partial charge in [0.2, 0.25) is 5.91 Å². The summed E-state index contributed by atoms with van der Waals surface area (Å²) in [6.07, 6.45) is 0.234. The van der Waals surface area contributed by atoms with E-state index in [2.05, 4.69) is 10.6 Å². The predicted molar refractivity (Wildman–Crippen MR) is 112 cm³/mol. The van der Waals surface area contributed by atoms with Crippen LogP contribution in [-0.2, 0) is 26.0 Å². The molecule has 0 saturated carbocycles. The Balaban J connectivity index is 2.03. The number of benzene rings is 2. The largest absolute Gasteiger partial charge is 0.445 e. The molecule has 2 aromatic rings. The SMILES string of the molecule is Cc1ccc(NC(=O)C(CCS(C)(=O)=O)NC(=O)OCc2ccccc2)cc1C. The summed E-state index contributed by atoms with van der Waals surface area (Å²) < 4.78 is 28.2. The molecule has 0 saturated heterocycles. The Bertz CT molecular complexity index is 958. The molecule has 0 aliphatic heterocycles. The Hall–Kier alpha value is -2.87. The molecule has 0 radical (unpaired) electrons. The van der Waals surface area contributed by atoms with Gasteiger partial charge in [0.15, 0.2) is 0 Å². The van der Waals surface area contributed by atoms with E-state index >= 15 is 0 Å². The van der Waals surface area contributed by atoms with E-state index in [0.29, 0.717) is 5.69 Å². The lowest BCUT2D eigenvalue weighted by atomic mass is 10.1. The molecule has 156 valence electrons. The Morgan fingerprint density at radius 2 is 1.72 bits per heavy atom. The average Bonchev–Trinajstić information content (AvgIpc) is 2.66. The summed E-state index contributed by atoms with van der Waals surface area (Å²) in [5, 5.41) is 5.19. The van der Waals surface area contributed by atoms with Crippen molar-refractivity contribution in [2.24, 2.45) is 0 Å². The predicted octanol–water partition coefficient (Wildman–Crippen LogP) is 2.97. The van der Waals surface area contributed by atoms with Crippen molar-refractivity contribution in [3.05, 3.63) is 65.2 Å². The number of carbonyl (C=O) groups is 2. The van der Waals surface area contributed by atoms with Crippen molar-refractivity contribution in [3.8, 4) is 0 Å². The average molecular weight is 419 g/mol. The zero-order chi connectivity index (χ0) is 21.4. The molecule has 0 spiro atoms. The Morgan fingerprint density at radius 3 is 2.34 bits per heavy atom. The van der Waals surface area contributed by atoms with Gasteiger partial charge in [0.1, 0.15) is 22.5 Å². The number of hydrogen-bond acceptors (Lipinski definition) is 5. The van der Waals surface area contributed by atoms with Gasteiger partial charge in [-0.25, -0.2) is 13.2 Å². The molecule has 0 aromatic heterocycles. The maximum atomic E-state index is 12.7. The van der Waals surface area contributed by atoms with E-state index < -0.39 is 27.9 Å². The highest BCUT2D eigenvalue weighted by molar-refractivity contribution is 7.90. The minimum absolute atomic E-state index is 0.0459. The molecule has 0 heterocycles. The van der Waals surface area contributed by atoms with E-state index in [-0.39, 0.29) is 18.8 Å². The number of ether oxygens (including phenoxy) is 1. The summed E-state index contributed by atoms with van der Waals surface area (Å²) in [4.78, 5) is 24.8. The fraction of sp³-hybridized carbons (Fsp3) is 0.333. The smallest absolute Gasteiger partial charge is 0.408 e. The Kier molecular flexibility index (Phi) is 7.78. The summed E-state index contributed by atoms with van der Waals surface area (Å²) in [7, 11) is -3.30. The van der Waals surface area contributed by atoms with Crippen LogP contribution in [0.15, 0.2) is 48.5 Å². The maximum absolute atomic E-state index is 12.7. The molecule has 0 aliphatic carbocycles. The molecule has 2 N–H and O–H groups in total. The van der Waals surface area contributed by atoms with Crippen LogP contribution in [0.4, 0.5) is 10.5 Å². The van der Waals surface area contributed by atoms with Gasteiger partial charge in [-0.3, -0.25) is 4.79 Å². The quantitative estimate of drug-likeness (QED) is 0.686. The highest BCUT2D eigenvalue weighted by atomic mass is 32.2. The first-order valence-electron chi connectivity index (χ1n) is 9.17. The van der Waals surface area contributed by atoms with Crippen molar-refractivity contribution in [1.82, 2.24) is 5.32 Å². The maximum Gasteiger partial charge on any atom is 0.408 e. The molecular weight excluding hydrogens is 392 g/mol. The molecule has 29 heavy (non-hydrogen) atoms. The Labute approximate surface area is 171 Å². The molecule has 0 fully saturated rings. The van der Waals surface area contributed by atoms with Gasteiger partial charge in [-0.05, 0) is 49.1 Å². The summed E-state index contributed by atoms with van der Waals surface area (Å²) in [5.74, 6) is -0.745. The summed E-state index contributed by atoms with van der Waals surface area (Å²) in [6.45, 7) is 3.93. The first-order chi connectivity index (χ1) is 13.6. The lowest BCUT2D eigenvalue weighted by Crippen LogP contribution is -2.45. The van der Waals surface area contributed by atoms with Crippen LogP contribution in [0.5, 0.6) is 0 Å². The van der Waals surface area contributed by atoms with Crippen molar-refractivity contribution in [2.45, 2.75) is 32.9 Å². The highest BCUT2D eigenvalue weighted by Gasteiger charge is 2.23. The minimum atomic E-state index is -3.30. The second kappa shape index (κ2) is 10.1. The van der Waals surface area contributed by atoms with Crippen LogP contribution in [0.1, 0.15) is 23.1 Å². The van der Waals surface area contributed by atoms with E-state index in [9.17, 15) is 18.0 Å². The van der Waals surface area contributed by atoms with Crippen molar-refractivity contribution in [1.29, 1.82) is 0 Å². The lowest BCUT2D eigenvalue weighted by molar-refractivity contribution is -0.118. The molecule has 8 heteroatoms. The van der Waals surface area contributed by atoms with Gasteiger partial charge in [-0.15, -0.1) is 0 Å².